The first-order valence-corrected chi connectivity index (χ1v) is 7.75. The molecule has 2 aromatic carbocycles. The summed E-state index contributed by atoms with van der Waals surface area (Å²) in [6.07, 6.45) is -0.850. The minimum Gasteiger partial charge on any atom is -0.387 e. The predicted molar refractivity (Wildman–Crippen MR) is 88.5 cm³/mol. The first-order valence-electron chi connectivity index (χ1n) is 7.75. The zero-order valence-electron chi connectivity index (χ0n) is 13.1. The van der Waals surface area contributed by atoms with Crippen LogP contribution in [-0.4, -0.2) is 29.0 Å². The summed E-state index contributed by atoms with van der Waals surface area (Å²) < 4.78 is 0. The summed E-state index contributed by atoms with van der Waals surface area (Å²) in [5, 5.41) is 10.8. The minimum atomic E-state index is -0.850. The molecule has 0 spiro atoms. The van der Waals surface area contributed by atoms with E-state index in [1.165, 1.54) is 0 Å². The number of aliphatic hydroxyl groups is 1. The average Bonchev–Trinajstić information content (AvgIpc) is 2.58. The van der Waals surface area contributed by atoms with Crippen molar-refractivity contribution in [3.8, 4) is 0 Å². The van der Waals surface area contributed by atoms with Crippen LogP contribution in [0.15, 0.2) is 60.7 Å². The Morgan fingerprint density at radius 3 is 1.82 bits per heavy atom. The summed E-state index contributed by atoms with van der Waals surface area (Å²) in [7, 11) is 0. The van der Waals surface area contributed by atoms with Crippen LogP contribution in [-0.2, 0) is 4.79 Å². The van der Waals surface area contributed by atoms with Crippen LogP contribution in [0.25, 0.3) is 0 Å². The zero-order chi connectivity index (χ0) is 15.9. The Labute approximate surface area is 132 Å². The highest BCUT2D eigenvalue weighted by Gasteiger charge is 2.32. The van der Waals surface area contributed by atoms with Gasteiger partial charge in [0, 0.05) is 13.1 Å². The standard InChI is InChI=1S/C19H23NO2/c1-3-20(4-2)19(22)17(15-11-7-5-8-12-15)18(21)16-13-9-6-10-14-16/h5-14,17-18,21H,3-4H2,1-2H3/t17-,18+/m1/s1. The van der Waals surface area contributed by atoms with Crippen molar-refractivity contribution in [2.24, 2.45) is 0 Å². The van der Waals surface area contributed by atoms with E-state index in [0.717, 1.165) is 11.1 Å². The van der Waals surface area contributed by atoms with E-state index in [2.05, 4.69) is 0 Å². The molecule has 0 aromatic heterocycles. The van der Waals surface area contributed by atoms with E-state index in [1.54, 1.807) is 4.90 Å². The molecule has 0 radical (unpaired) electrons. The molecule has 22 heavy (non-hydrogen) atoms. The van der Waals surface area contributed by atoms with E-state index in [0.29, 0.717) is 13.1 Å². The number of rotatable bonds is 6. The SMILES string of the molecule is CCN(CC)C(=O)[C@H](c1ccccc1)[C@@H](O)c1ccccc1. The monoisotopic (exact) mass is 297 g/mol. The molecule has 0 aliphatic rings. The molecule has 1 N–H and O–H groups in total. The maximum atomic E-state index is 12.9. The maximum absolute atomic E-state index is 12.9. The molecule has 0 aliphatic carbocycles. The Morgan fingerprint density at radius 2 is 1.36 bits per heavy atom. The molecule has 2 atom stereocenters. The number of likely N-dealkylation sites (N-methyl/N-ethyl adjacent to an activating group) is 1. The summed E-state index contributed by atoms with van der Waals surface area (Å²) in [6.45, 7) is 5.19. The lowest BCUT2D eigenvalue weighted by molar-refractivity contribution is -0.135. The fourth-order valence-corrected chi connectivity index (χ4v) is 2.69. The van der Waals surface area contributed by atoms with E-state index in [1.807, 2.05) is 74.5 Å². The fraction of sp³-hybridized carbons (Fsp3) is 0.316. The van der Waals surface area contributed by atoms with E-state index in [4.69, 9.17) is 0 Å². The van der Waals surface area contributed by atoms with Crippen LogP contribution in [0.5, 0.6) is 0 Å². The largest absolute Gasteiger partial charge is 0.387 e. The molecular formula is C19H23NO2. The lowest BCUT2D eigenvalue weighted by Gasteiger charge is -2.29. The molecule has 0 unspecified atom stereocenters. The summed E-state index contributed by atoms with van der Waals surface area (Å²) in [5.74, 6) is -0.615. The molecule has 0 bridgehead atoms. The second-order valence-electron chi connectivity index (χ2n) is 5.25. The Kier molecular flexibility index (Phi) is 5.73. The topological polar surface area (TPSA) is 40.5 Å². The van der Waals surface area contributed by atoms with Gasteiger partial charge in [-0.25, -0.2) is 0 Å². The molecule has 116 valence electrons. The highest BCUT2D eigenvalue weighted by molar-refractivity contribution is 5.84. The van der Waals surface area contributed by atoms with Gasteiger partial charge in [-0.3, -0.25) is 4.79 Å². The van der Waals surface area contributed by atoms with Crippen molar-refractivity contribution in [1.82, 2.24) is 4.90 Å². The van der Waals surface area contributed by atoms with Crippen molar-refractivity contribution < 1.29 is 9.90 Å². The van der Waals surface area contributed by atoms with E-state index >= 15 is 0 Å². The lowest BCUT2D eigenvalue weighted by atomic mass is 9.88. The number of benzene rings is 2. The summed E-state index contributed by atoms with van der Waals surface area (Å²) in [4.78, 5) is 14.7. The van der Waals surface area contributed by atoms with Crippen LogP contribution >= 0.6 is 0 Å². The third-order valence-electron chi connectivity index (χ3n) is 3.96. The second-order valence-corrected chi connectivity index (χ2v) is 5.25. The maximum Gasteiger partial charge on any atom is 0.233 e. The lowest BCUT2D eigenvalue weighted by Crippen LogP contribution is -2.37. The van der Waals surface area contributed by atoms with Crippen LogP contribution in [0.4, 0.5) is 0 Å². The van der Waals surface area contributed by atoms with Gasteiger partial charge in [0.05, 0.1) is 12.0 Å². The summed E-state index contributed by atoms with van der Waals surface area (Å²) in [6, 6.07) is 18.9. The van der Waals surface area contributed by atoms with E-state index in [-0.39, 0.29) is 5.91 Å². The van der Waals surface area contributed by atoms with E-state index in [9.17, 15) is 9.90 Å². The van der Waals surface area contributed by atoms with Gasteiger partial charge >= 0.3 is 0 Å². The minimum absolute atomic E-state index is 0.0347. The van der Waals surface area contributed by atoms with Crippen molar-refractivity contribution in [3.05, 3.63) is 71.8 Å². The molecular weight excluding hydrogens is 274 g/mol. The molecule has 2 aromatic rings. The first-order chi connectivity index (χ1) is 10.7. The van der Waals surface area contributed by atoms with Crippen molar-refractivity contribution in [1.29, 1.82) is 0 Å². The molecule has 3 heteroatoms. The third kappa shape index (κ3) is 3.55. The quantitative estimate of drug-likeness (QED) is 0.888. The van der Waals surface area contributed by atoms with Crippen LogP contribution in [0.1, 0.15) is 37.0 Å². The zero-order valence-corrected chi connectivity index (χ0v) is 13.1. The van der Waals surface area contributed by atoms with Crippen molar-refractivity contribution >= 4 is 5.91 Å². The predicted octanol–water partition coefficient (Wildman–Crippen LogP) is 3.37. The van der Waals surface area contributed by atoms with Gasteiger partial charge in [-0.2, -0.15) is 0 Å². The van der Waals surface area contributed by atoms with Crippen molar-refractivity contribution in [3.63, 3.8) is 0 Å². The molecule has 0 aliphatic heterocycles. The fourth-order valence-electron chi connectivity index (χ4n) is 2.69. The number of amides is 1. The van der Waals surface area contributed by atoms with Gasteiger partial charge in [-0.15, -0.1) is 0 Å². The number of nitrogens with zero attached hydrogens (tertiary/aromatic N) is 1. The number of carbonyl (C=O) groups is 1. The first kappa shape index (κ1) is 16.2. The molecule has 0 saturated heterocycles. The van der Waals surface area contributed by atoms with Gasteiger partial charge < -0.3 is 10.0 Å². The average molecular weight is 297 g/mol. The number of hydrogen-bond acceptors (Lipinski definition) is 2. The third-order valence-corrected chi connectivity index (χ3v) is 3.96. The molecule has 0 heterocycles. The second kappa shape index (κ2) is 7.76. The van der Waals surface area contributed by atoms with Crippen LogP contribution < -0.4 is 0 Å². The molecule has 1 amide bonds. The van der Waals surface area contributed by atoms with Gasteiger partial charge in [-0.05, 0) is 25.0 Å². The van der Waals surface area contributed by atoms with Gasteiger partial charge in [0.25, 0.3) is 0 Å². The Balaban J connectivity index is 2.40. The van der Waals surface area contributed by atoms with E-state index < -0.39 is 12.0 Å². The Morgan fingerprint density at radius 1 is 0.909 bits per heavy atom. The highest BCUT2D eigenvalue weighted by atomic mass is 16.3. The highest BCUT2D eigenvalue weighted by Crippen LogP contribution is 2.32. The molecule has 3 nitrogen and oxygen atoms in total. The summed E-state index contributed by atoms with van der Waals surface area (Å²) >= 11 is 0. The molecule has 0 saturated carbocycles. The van der Waals surface area contributed by atoms with Crippen molar-refractivity contribution in [2.45, 2.75) is 25.9 Å². The Hall–Kier alpha value is -2.13. The molecule has 0 fully saturated rings. The number of hydrogen-bond donors (Lipinski definition) is 1. The number of aliphatic hydroxyl groups excluding tert-OH is 1. The molecule has 2 rings (SSSR count). The Bertz CT molecular complexity index is 579. The van der Waals surface area contributed by atoms with Gasteiger partial charge in [0.2, 0.25) is 5.91 Å². The summed E-state index contributed by atoms with van der Waals surface area (Å²) in [5.41, 5.74) is 1.60. The smallest absolute Gasteiger partial charge is 0.233 e. The van der Waals surface area contributed by atoms with Crippen LogP contribution in [0.2, 0.25) is 0 Å². The normalized spacial score (nSPS) is 13.4. The van der Waals surface area contributed by atoms with Crippen molar-refractivity contribution in [2.75, 3.05) is 13.1 Å². The van der Waals surface area contributed by atoms with Crippen LogP contribution in [0, 0.1) is 0 Å². The van der Waals surface area contributed by atoms with Gasteiger partial charge in [0.15, 0.2) is 0 Å². The van der Waals surface area contributed by atoms with Gasteiger partial charge in [-0.1, -0.05) is 60.7 Å². The van der Waals surface area contributed by atoms with Crippen LogP contribution in [0.3, 0.4) is 0 Å². The van der Waals surface area contributed by atoms with Gasteiger partial charge in [0.1, 0.15) is 0 Å². The number of carbonyl (C=O) groups excluding carboxylic acids is 1.